The molecule has 2 N–H and O–H groups in total. The first-order valence-corrected chi connectivity index (χ1v) is 7.78. The number of nitrogens with zero attached hydrogens (tertiary/aromatic N) is 2. The summed E-state index contributed by atoms with van der Waals surface area (Å²) in [6.45, 7) is 5.67. The first-order valence-electron chi connectivity index (χ1n) is 7.78. The average molecular weight is 331 g/mol. The number of hydrogen-bond acceptors (Lipinski definition) is 6. The lowest BCUT2D eigenvalue weighted by Crippen LogP contribution is -2.30. The summed E-state index contributed by atoms with van der Waals surface area (Å²) >= 11 is 0. The molecule has 0 aliphatic rings. The summed E-state index contributed by atoms with van der Waals surface area (Å²) in [6.07, 6.45) is -0.678. The molecule has 0 saturated carbocycles. The van der Waals surface area contributed by atoms with E-state index in [4.69, 9.17) is 15.0 Å². The maximum atomic E-state index is 11.6. The molecule has 2 rings (SSSR count). The van der Waals surface area contributed by atoms with Crippen molar-refractivity contribution in [2.24, 2.45) is 5.73 Å². The fourth-order valence-corrected chi connectivity index (χ4v) is 2.01. The van der Waals surface area contributed by atoms with Crippen LogP contribution in [0.2, 0.25) is 0 Å². The largest absolute Gasteiger partial charge is 0.453 e. The van der Waals surface area contributed by atoms with Crippen molar-refractivity contribution in [2.75, 3.05) is 0 Å². The molecule has 1 heterocycles. The predicted octanol–water partition coefficient (Wildman–Crippen LogP) is 2.21. The SMILES string of the molecule is CC(OC(=O)CCc1nc(-c2ccc(C(C)C)cc2)no1)C(N)=O. The predicted molar refractivity (Wildman–Crippen MR) is 86.9 cm³/mol. The molecule has 1 aromatic carbocycles. The molecular weight excluding hydrogens is 310 g/mol. The normalized spacial score (nSPS) is 12.2. The Morgan fingerprint density at radius 2 is 1.88 bits per heavy atom. The Kier molecular flexibility index (Phi) is 5.68. The molecule has 128 valence electrons. The van der Waals surface area contributed by atoms with Crippen LogP contribution >= 0.6 is 0 Å². The van der Waals surface area contributed by atoms with Gasteiger partial charge >= 0.3 is 5.97 Å². The molecule has 7 heteroatoms. The molecular formula is C17H21N3O4. The second-order valence-electron chi connectivity index (χ2n) is 5.82. The van der Waals surface area contributed by atoms with Crippen molar-refractivity contribution < 1.29 is 18.8 Å². The maximum absolute atomic E-state index is 11.6. The first kappa shape index (κ1) is 17.7. The summed E-state index contributed by atoms with van der Waals surface area (Å²) in [6, 6.07) is 7.93. The van der Waals surface area contributed by atoms with Gasteiger partial charge in [-0.1, -0.05) is 43.3 Å². The molecule has 7 nitrogen and oxygen atoms in total. The Morgan fingerprint density at radius 3 is 2.46 bits per heavy atom. The zero-order valence-corrected chi connectivity index (χ0v) is 14.0. The van der Waals surface area contributed by atoms with Crippen LogP contribution in [-0.4, -0.2) is 28.1 Å². The number of hydrogen-bond donors (Lipinski definition) is 1. The summed E-state index contributed by atoms with van der Waals surface area (Å²) in [5.74, 6) is 0.0325. The molecule has 1 atom stereocenters. The van der Waals surface area contributed by atoms with Gasteiger partial charge < -0.3 is 15.0 Å². The maximum Gasteiger partial charge on any atom is 0.307 e. The number of aromatic nitrogens is 2. The van der Waals surface area contributed by atoms with Crippen molar-refractivity contribution in [1.29, 1.82) is 0 Å². The summed E-state index contributed by atoms with van der Waals surface area (Å²) in [7, 11) is 0. The number of carbonyl (C=O) groups is 2. The molecule has 0 radical (unpaired) electrons. The van der Waals surface area contributed by atoms with E-state index in [0.717, 1.165) is 5.56 Å². The van der Waals surface area contributed by atoms with Crippen LogP contribution in [0.5, 0.6) is 0 Å². The van der Waals surface area contributed by atoms with E-state index >= 15 is 0 Å². The number of esters is 1. The zero-order valence-electron chi connectivity index (χ0n) is 14.0. The number of aryl methyl sites for hydroxylation is 1. The Morgan fingerprint density at radius 1 is 1.21 bits per heavy atom. The number of benzene rings is 1. The van der Waals surface area contributed by atoms with E-state index in [9.17, 15) is 9.59 Å². The van der Waals surface area contributed by atoms with Crippen molar-refractivity contribution in [3.05, 3.63) is 35.7 Å². The third-order valence-electron chi connectivity index (χ3n) is 3.56. The van der Waals surface area contributed by atoms with Crippen molar-refractivity contribution >= 4 is 11.9 Å². The lowest BCUT2D eigenvalue weighted by molar-refractivity contribution is -0.153. The molecule has 2 aromatic rings. The monoisotopic (exact) mass is 331 g/mol. The Labute approximate surface area is 140 Å². The van der Waals surface area contributed by atoms with E-state index in [2.05, 4.69) is 24.0 Å². The van der Waals surface area contributed by atoms with Crippen LogP contribution < -0.4 is 5.73 Å². The molecule has 1 aromatic heterocycles. The first-order chi connectivity index (χ1) is 11.4. The second kappa shape index (κ2) is 7.72. The summed E-state index contributed by atoms with van der Waals surface area (Å²) in [5, 5.41) is 3.92. The molecule has 1 amide bonds. The van der Waals surface area contributed by atoms with Gasteiger partial charge in [0.15, 0.2) is 6.10 Å². The Hall–Kier alpha value is -2.70. The Balaban J connectivity index is 1.93. The number of primary amides is 1. The number of carbonyl (C=O) groups excluding carboxylic acids is 2. The lowest BCUT2D eigenvalue weighted by Gasteiger charge is -2.08. The summed E-state index contributed by atoms with van der Waals surface area (Å²) < 4.78 is 10.00. The quantitative estimate of drug-likeness (QED) is 0.779. The molecule has 1 unspecified atom stereocenters. The number of rotatable bonds is 7. The minimum absolute atomic E-state index is 0.0333. The van der Waals surface area contributed by atoms with Gasteiger partial charge in [-0.05, 0) is 18.4 Å². The van der Waals surface area contributed by atoms with E-state index in [1.807, 2.05) is 24.3 Å². The van der Waals surface area contributed by atoms with Crippen molar-refractivity contribution in [3.8, 4) is 11.4 Å². The van der Waals surface area contributed by atoms with Gasteiger partial charge in [0.1, 0.15) is 0 Å². The lowest BCUT2D eigenvalue weighted by atomic mass is 10.0. The van der Waals surface area contributed by atoms with Crippen LogP contribution in [0.4, 0.5) is 0 Å². The average Bonchev–Trinajstić information content (AvgIpc) is 3.02. The highest BCUT2D eigenvalue weighted by atomic mass is 16.5. The third-order valence-corrected chi connectivity index (χ3v) is 3.56. The van der Waals surface area contributed by atoms with Gasteiger partial charge in [0.25, 0.3) is 5.91 Å². The van der Waals surface area contributed by atoms with E-state index < -0.39 is 18.0 Å². The highest BCUT2D eigenvalue weighted by Gasteiger charge is 2.16. The molecule has 0 fully saturated rings. The zero-order chi connectivity index (χ0) is 17.7. The van der Waals surface area contributed by atoms with Gasteiger partial charge in [-0.3, -0.25) is 9.59 Å². The van der Waals surface area contributed by atoms with Crippen LogP contribution in [-0.2, 0) is 20.7 Å². The van der Waals surface area contributed by atoms with E-state index in [1.54, 1.807) is 0 Å². The second-order valence-corrected chi connectivity index (χ2v) is 5.82. The number of nitrogens with two attached hydrogens (primary N) is 1. The fourth-order valence-electron chi connectivity index (χ4n) is 2.01. The van der Waals surface area contributed by atoms with E-state index in [-0.39, 0.29) is 12.8 Å². The molecule has 0 bridgehead atoms. The molecule has 24 heavy (non-hydrogen) atoms. The van der Waals surface area contributed by atoms with Crippen molar-refractivity contribution in [1.82, 2.24) is 10.1 Å². The number of amides is 1. The summed E-state index contributed by atoms with van der Waals surface area (Å²) in [4.78, 5) is 26.7. The van der Waals surface area contributed by atoms with Crippen LogP contribution in [0.3, 0.4) is 0 Å². The van der Waals surface area contributed by atoms with Crippen LogP contribution in [0.1, 0.15) is 44.6 Å². The molecule has 0 spiro atoms. The highest BCUT2D eigenvalue weighted by Crippen LogP contribution is 2.20. The van der Waals surface area contributed by atoms with E-state index in [0.29, 0.717) is 17.6 Å². The number of ether oxygens (including phenoxy) is 1. The summed E-state index contributed by atoms with van der Waals surface area (Å²) in [5.41, 5.74) is 7.11. The fraction of sp³-hybridized carbons (Fsp3) is 0.412. The van der Waals surface area contributed by atoms with E-state index in [1.165, 1.54) is 12.5 Å². The van der Waals surface area contributed by atoms with Gasteiger partial charge in [0, 0.05) is 12.0 Å². The standard InChI is InChI=1S/C17H21N3O4/c1-10(2)12-4-6-13(7-5-12)17-19-14(24-20-17)8-9-15(21)23-11(3)16(18)22/h4-7,10-11H,8-9H2,1-3H3,(H2,18,22). The van der Waals surface area contributed by atoms with Crippen molar-refractivity contribution in [2.45, 2.75) is 45.6 Å². The van der Waals surface area contributed by atoms with Crippen LogP contribution in [0.25, 0.3) is 11.4 Å². The van der Waals surface area contributed by atoms with Gasteiger partial charge in [-0.15, -0.1) is 0 Å². The van der Waals surface area contributed by atoms with Crippen LogP contribution in [0, 0.1) is 0 Å². The topological polar surface area (TPSA) is 108 Å². The van der Waals surface area contributed by atoms with Crippen LogP contribution in [0.15, 0.2) is 28.8 Å². The van der Waals surface area contributed by atoms with Gasteiger partial charge in [0.05, 0.1) is 6.42 Å². The molecule has 0 saturated heterocycles. The Bertz CT molecular complexity index is 707. The van der Waals surface area contributed by atoms with Gasteiger partial charge in [0.2, 0.25) is 11.7 Å². The van der Waals surface area contributed by atoms with Gasteiger partial charge in [-0.25, -0.2) is 0 Å². The smallest absolute Gasteiger partial charge is 0.307 e. The van der Waals surface area contributed by atoms with Crippen molar-refractivity contribution in [3.63, 3.8) is 0 Å². The minimum atomic E-state index is -0.949. The third kappa shape index (κ3) is 4.65. The van der Waals surface area contributed by atoms with Gasteiger partial charge in [-0.2, -0.15) is 4.98 Å². The minimum Gasteiger partial charge on any atom is -0.453 e. The highest BCUT2D eigenvalue weighted by molar-refractivity contribution is 5.81. The molecule has 0 aliphatic heterocycles. The molecule has 0 aliphatic carbocycles.